The zero-order valence-corrected chi connectivity index (χ0v) is 20.1. The maximum atomic E-state index is 12.2. The Labute approximate surface area is 195 Å². The van der Waals surface area contributed by atoms with Gasteiger partial charge in [-0.3, -0.25) is 4.79 Å². The Balaban J connectivity index is 1.80. The van der Waals surface area contributed by atoms with Crippen molar-refractivity contribution in [2.75, 3.05) is 48.5 Å². The van der Waals surface area contributed by atoms with E-state index >= 15 is 0 Å². The molecule has 0 bridgehead atoms. The first-order chi connectivity index (χ1) is 15.3. The summed E-state index contributed by atoms with van der Waals surface area (Å²) in [6.45, 7) is 1.21. The monoisotopic (exact) mass is 458 g/mol. The molecule has 2 aromatic rings. The number of nitrogens with zero attached hydrogens (tertiary/aromatic N) is 1. The van der Waals surface area contributed by atoms with Crippen molar-refractivity contribution in [2.24, 2.45) is 0 Å². The predicted octanol–water partition coefficient (Wildman–Crippen LogP) is 3.37. The molecule has 7 nitrogen and oxygen atoms in total. The van der Waals surface area contributed by atoms with Crippen molar-refractivity contribution in [1.82, 2.24) is 15.1 Å². The molecule has 32 heavy (non-hydrogen) atoms. The zero-order chi connectivity index (χ0) is 23.6. The predicted molar refractivity (Wildman–Crippen MR) is 133 cm³/mol. The molecule has 2 N–H and O–H groups in total. The summed E-state index contributed by atoms with van der Waals surface area (Å²) in [5, 5.41) is 6.89. The van der Waals surface area contributed by atoms with Gasteiger partial charge in [0.05, 0.1) is 35.4 Å². The van der Waals surface area contributed by atoms with E-state index in [0.29, 0.717) is 34.8 Å². The molecule has 0 saturated heterocycles. The average molecular weight is 459 g/mol. The summed E-state index contributed by atoms with van der Waals surface area (Å²) in [6.07, 6.45) is 3.93. The van der Waals surface area contributed by atoms with Crippen LogP contribution in [0.2, 0.25) is 0 Å². The van der Waals surface area contributed by atoms with Gasteiger partial charge in [0.15, 0.2) is 11.5 Å². The molecule has 0 radical (unpaired) electrons. The molecule has 0 spiro atoms. The van der Waals surface area contributed by atoms with Gasteiger partial charge in [0.2, 0.25) is 11.7 Å². The lowest BCUT2D eigenvalue weighted by Gasteiger charge is -2.29. The molecule has 172 valence electrons. The van der Waals surface area contributed by atoms with Crippen LogP contribution < -0.4 is 29.3 Å². The fourth-order valence-electron chi connectivity index (χ4n) is 3.04. The van der Waals surface area contributed by atoms with Crippen LogP contribution in [0.15, 0.2) is 48.5 Å². The Kier molecular flexibility index (Phi) is 9.49. The zero-order valence-electron chi connectivity index (χ0n) is 19.3. The first-order valence-corrected chi connectivity index (χ1v) is 10.7. The van der Waals surface area contributed by atoms with Gasteiger partial charge in [-0.25, -0.2) is 4.48 Å². The van der Waals surface area contributed by atoms with Crippen LogP contribution in [0.5, 0.6) is 17.2 Å². The Morgan fingerprint density at radius 3 is 2.12 bits per heavy atom. The molecule has 2 rings (SSSR count). The third-order valence-corrected chi connectivity index (χ3v) is 5.55. The number of hydrogen-bond donors (Lipinski definition) is 2. The number of para-hydroxylation sites is 1. The van der Waals surface area contributed by atoms with Crippen LogP contribution in [-0.2, 0) is 4.79 Å². The average Bonchev–Trinajstić information content (AvgIpc) is 2.81. The van der Waals surface area contributed by atoms with Crippen molar-refractivity contribution in [3.63, 3.8) is 0 Å². The third kappa shape index (κ3) is 6.70. The second kappa shape index (κ2) is 12.1. The van der Waals surface area contributed by atoms with Crippen LogP contribution in [0.4, 0.5) is 5.69 Å². The highest BCUT2D eigenvalue weighted by Crippen LogP contribution is 2.38. The van der Waals surface area contributed by atoms with E-state index in [4.69, 9.17) is 26.4 Å². The van der Waals surface area contributed by atoms with E-state index in [1.54, 1.807) is 39.5 Å². The van der Waals surface area contributed by atoms with Gasteiger partial charge in [-0.1, -0.05) is 18.2 Å². The summed E-state index contributed by atoms with van der Waals surface area (Å²) < 4.78 is 16.4. The van der Waals surface area contributed by atoms with Crippen LogP contribution in [0, 0.1) is 0 Å². The number of amides is 1. The normalized spacial score (nSPS) is 11.2. The first kappa shape index (κ1) is 25.2. The standard InChI is InChI=1S/C24H31N3O4S/c1-27(2,19-10-7-6-8-11-19)24(32)26-15-9-14-25-22(28)13-12-18-16-20(29-3)23(31-5)21(17-18)30-4/h6-8,10-13,16-17H,9,14-15H2,1-5H3,(H-,25,26,28,32)/p+1/b13-12+. The molecule has 0 aliphatic carbocycles. The number of thiocarbonyl (C=S) groups is 1. The maximum absolute atomic E-state index is 12.2. The fourth-order valence-corrected chi connectivity index (χ4v) is 3.25. The van der Waals surface area contributed by atoms with Crippen molar-refractivity contribution in [2.45, 2.75) is 6.42 Å². The van der Waals surface area contributed by atoms with Crippen LogP contribution in [0.1, 0.15) is 12.0 Å². The number of hydrogen-bond acceptors (Lipinski definition) is 5. The van der Waals surface area contributed by atoms with Gasteiger partial charge in [0.1, 0.15) is 5.69 Å². The summed E-state index contributed by atoms with van der Waals surface area (Å²) >= 11 is 5.56. The molecular formula is C24H32N3O4S+. The quantitative estimate of drug-likeness (QED) is 0.246. The largest absolute Gasteiger partial charge is 0.493 e. The number of benzene rings is 2. The molecule has 0 saturated carbocycles. The van der Waals surface area contributed by atoms with Crippen molar-refractivity contribution >= 4 is 35.0 Å². The highest BCUT2D eigenvalue weighted by Gasteiger charge is 2.24. The van der Waals surface area contributed by atoms with Crippen molar-refractivity contribution in [3.8, 4) is 17.2 Å². The Morgan fingerprint density at radius 2 is 1.56 bits per heavy atom. The lowest BCUT2D eigenvalue weighted by atomic mass is 10.1. The summed E-state index contributed by atoms with van der Waals surface area (Å²) in [5.74, 6) is 1.40. The second-order valence-electron chi connectivity index (χ2n) is 7.46. The summed E-state index contributed by atoms with van der Waals surface area (Å²) in [4.78, 5) is 12.2. The number of methoxy groups -OCH3 is 3. The number of quaternary nitrogens is 1. The van der Waals surface area contributed by atoms with Crippen molar-refractivity contribution in [1.29, 1.82) is 0 Å². The molecule has 0 unspecified atom stereocenters. The van der Waals surface area contributed by atoms with Gasteiger partial charge in [0, 0.05) is 31.4 Å². The lowest BCUT2D eigenvalue weighted by Crippen LogP contribution is -2.52. The summed E-state index contributed by atoms with van der Waals surface area (Å²) in [7, 11) is 8.74. The van der Waals surface area contributed by atoms with Crippen molar-refractivity contribution in [3.05, 3.63) is 54.1 Å². The van der Waals surface area contributed by atoms with Gasteiger partial charge in [-0.15, -0.1) is 0 Å². The van der Waals surface area contributed by atoms with Crippen LogP contribution in [-0.4, -0.2) is 59.5 Å². The summed E-state index contributed by atoms with van der Waals surface area (Å²) in [5.41, 5.74) is 1.87. The number of carbonyl (C=O) groups is 1. The molecule has 1 amide bonds. The van der Waals surface area contributed by atoms with E-state index in [0.717, 1.165) is 22.8 Å². The maximum Gasteiger partial charge on any atom is 0.274 e. The van der Waals surface area contributed by atoms with Crippen molar-refractivity contribution < 1.29 is 19.0 Å². The van der Waals surface area contributed by atoms with Gasteiger partial charge in [-0.2, -0.15) is 0 Å². The number of carbonyl (C=O) groups excluding carboxylic acids is 1. The Hall–Kier alpha value is -3.10. The third-order valence-electron chi connectivity index (χ3n) is 4.95. The van der Waals surface area contributed by atoms with Crippen LogP contribution >= 0.6 is 12.2 Å². The van der Waals surface area contributed by atoms with Gasteiger partial charge in [-0.05, 0) is 42.3 Å². The van der Waals surface area contributed by atoms with E-state index in [1.165, 1.54) is 6.08 Å². The molecular weight excluding hydrogens is 426 g/mol. The highest BCUT2D eigenvalue weighted by atomic mass is 32.1. The lowest BCUT2D eigenvalue weighted by molar-refractivity contribution is -0.116. The molecule has 0 heterocycles. The van der Waals surface area contributed by atoms with E-state index in [1.807, 2.05) is 32.3 Å². The van der Waals surface area contributed by atoms with E-state index in [9.17, 15) is 4.79 Å². The Bertz CT molecular complexity index is 921. The van der Waals surface area contributed by atoms with E-state index in [2.05, 4.69) is 22.8 Å². The smallest absolute Gasteiger partial charge is 0.274 e. The SMILES string of the molecule is COc1cc(/C=C/C(=O)NCCCNC(=S)[N+](C)(C)c2ccccc2)cc(OC)c1OC. The van der Waals surface area contributed by atoms with Gasteiger partial charge in [0.25, 0.3) is 5.11 Å². The van der Waals surface area contributed by atoms with E-state index < -0.39 is 0 Å². The second-order valence-corrected chi connectivity index (χ2v) is 7.84. The minimum atomic E-state index is -0.179. The molecule has 0 aromatic heterocycles. The number of ether oxygens (including phenoxy) is 3. The highest BCUT2D eigenvalue weighted by molar-refractivity contribution is 7.80. The fraction of sp³-hybridized carbons (Fsp3) is 0.333. The molecule has 0 atom stereocenters. The minimum Gasteiger partial charge on any atom is -0.493 e. The van der Waals surface area contributed by atoms with Crippen LogP contribution in [0.3, 0.4) is 0 Å². The van der Waals surface area contributed by atoms with E-state index in [-0.39, 0.29) is 5.91 Å². The summed E-state index contributed by atoms with van der Waals surface area (Å²) in [6, 6.07) is 13.6. The topological polar surface area (TPSA) is 68.8 Å². The van der Waals surface area contributed by atoms with Gasteiger partial charge >= 0.3 is 0 Å². The van der Waals surface area contributed by atoms with Gasteiger partial charge < -0.3 is 24.8 Å². The molecule has 2 aromatic carbocycles. The molecule has 0 fully saturated rings. The minimum absolute atomic E-state index is 0.179. The molecule has 0 aliphatic heterocycles. The molecule has 8 heteroatoms. The van der Waals surface area contributed by atoms with Crippen LogP contribution in [0.25, 0.3) is 6.08 Å². The Morgan fingerprint density at radius 1 is 0.969 bits per heavy atom. The first-order valence-electron chi connectivity index (χ1n) is 10.3. The number of rotatable bonds is 10. The molecule has 0 aliphatic rings. The number of nitrogens with one attached hydrogen (secondary N) is 2.